The lowest BCUT2D eigenvalue weighted by Crippen LogP contribution is -2.38. The van der Waals surface area contributed by atoms with Crippen LogP contribution in [0.4, 0.5) is 4.39 Å². The van der Waals surface area contributed by atoms with Crippen LogP contribution in [-0.2, 0) is 6.42 Å². The number of benzene rings is 1. The monoisotopic (exact) mass is 370 g/mol. The molecule has 0 aliphatic carbocycles. The third kappa shape index (κ3) is 4.13. The van der Waals surface area contributed by atoms with Crippen LogP contribution >= 0.6 is 27.3 Å². The third-order valence-corrected chi connectivity index (χ3v) is 5.20. The van der Waals surface area contributed by atoms with E-state index in [1.807, 2.05) is 13.1 Å². The first-order chi connectivity index (χ1) is 10.0. The summed E-state index contributed by atoms with van der Waals surface area (Å²) < 4.78 is 15.0. The summed E-state index contributed by atoms with van der Waals surface area (Å²) >= 11 is 5.15. The van der Waals surface area contributed by atoms with Crippen molar-refractivity contribution >= 4 is 27.3 Å². The van der Waals surface area contributed by atoms with Gasteiger partial charge in [0.2, 0.25) is 0 Å². The molecule has 0 bridgehead atoms. The third-order valence-electron chi connectivity index (χ3n) is 3.80. The maximum Gasteiger partial charge on any atom is 0.128 e. The fraction of sp³-hybridized carbons (Fsp3) is 0.375. The molecule has 1 heterocycles. The minimum atomic E-state index is -0.205. The van der Waals surface area contributed by atoms with E-state index in [-0.39, 0.29) is 17.9 Å². The summed E-state index contributed by atoms with van der Waals surface area (Å²) in [6.07, 6.45) is 0.945. The van der Waals surface area contributed by atoms with Crippen LogP contribution in [0.3, 0.4) is 0 Å². The molecule has 2 N–H and O–H groups in total. The molecule has 0 aliphatic heterocycles. The van der Waals surface area contributed by atoms with E-state index < -0.39 is 0 Å². The van der Waals surface area contributed by atoms with Gasteiger partial charge >= 0.3 is 0 Å². The van der Waals surface area contributed by atoms with E-state index in [0.29, 0.717) is 12.1 Å². The Labute approximate surface area is 137 Å². The normalized spacial score (nSPS) is 14.4. The molecule has 1 aromatic heterocycles. The molecule has 0 saturated heterocycles. The largest absolute Gasteiger partial charge is 0.329 e. The molecule has 114 valence electrons. The minimum Gasteiger partial charge on any atom is -0.329 e. The van der Waals surface area contributed by atoms with E-state index in [9.17, 15) is 4.39 Å². The number of thiophene rings is 1. The smallest absolute Gasteiger partial charge is 0.128 e. The van der Waals surface area contributed by atoms with Gasteiger partial charge in [-0.15, -0.1) is 11.3 Å². The van der Waals surface area contributed by atoms with Crippen LogP contribution < -0.4 is 5.73 Å². The molecule has 2 nitrogen and oxygen atoms in total. The molecule has 0 saturated carbocycles. The summed E-state index contributed by atoms with van der Waals surface area (Å²) in [5, 5.41) is 2.08. The summed E-state index contributed by atoms with van der Waals surface area (Å²) in [5.41, 5.74) is 6.56. The van der Waals surface area contributed by atoms with E-state index >= 15 is 0 Å². The fourth-order valence-electron chi connectivity index (χ4n) is 2.45. The van der Waals surface area contributed by atoms with Crippen molar-refractivity contribution in [2.75, 3.05) is 13.6 Å². The number of hydrogen-bond donors (Lipinski definition) is 1. The lowest BCUT2D eigenvalue weighted by atomic mass is 10.0. The maximum atomic E-state index is 14.1. The fourth-order valence-corrected chi connectivity index (χ4v) is 3.66. The van der Waals surface area contributed by atoms with Crippen molar-refractivity contribution in [1.82, 2.24) is 4.90 Å². The van der Waals surface area contributed by atoms with Gasteiger partial charge in [0.25, 0.3) is 0 Å². The van der Waals surface area contributed by atoms with Crippen LogP contribution in [-0.4, -0.2) is 24.5 Å². The highest BCUT2D eigenvalue weighted by atomic mass is 79.9. The zero-order valence-corrected chi connectivity index (χ0v) is 14.6. The summed E-state index contributed by atoms with van der Waals surface area (Å²) in [6.45, 7) is 2.54. The predicted molar refractivity (Wildman–Crippen MR) is 91.1 cm³/mol. The summed E-state index contributed by atoms with van der Waals surface area (Å²) in [7, 11) is 2.01. The average Bonchev–Trinajstić information content (AvgIpc) is 2.96. The molecule has 2 atom stereocenters. The van der Waals surface area contributed by atoms with Gasteiger partial charge in [0.15, 0.2) is 0 Å². The molecule has 0 radical (unpaired) electrons. The molecule has 0 spiro atoms. The second kappa shape index (κ2) is 7.49. The molecular weight excluding hydrogens is 351 g/mol. The highest BCUT2D eigenvalue weighted by molar-refractivity contribution is 9.10. The van der Waals surface area contributed by atoms with Crippen LogP contribution in [0.2, 0.25) is 0 Å². The van der Waals surface area contributed by atoms with Gasteiger partial charge in [-0.25, -0.2) is 4.39 Å². The highest BCUT2D eigenvalue weighted by Crippen LogP contribution is 2.27. The summed E-state index contributed by atoms with van der Waals surface area (Å²) in [5.74, 6) is -0.205. The van der Waals surface area contributed by atoms with Gasteiger partial charge in [-0.05, 0) is 50.0 Å². The van der Waals surface area contributed by atoms with Gasteiger partial charge < -0.3 is 5.73 Å². The van der Waals surface area contributed by atoms with Gasteiger partial charge in [0.05, 0.1) is 0 Å². The molecule has 0 aliphatic rings. The molecule has 1 aromatic carbocycles. The Hall–Kier alpha value is -0.750. The van der Waals surface area contributed by atoms with E-state index in [1.165, 1.54) is 10.9 Å². The average molecular weight is 371 g/mol. The molecule has 2 unspecified atom stereocenters. The first-order valence-electron chi connectivity index (χ1n) is 6.92. The molecule has 21 heavy (non-hydrogen) atoms. The van der Waals surface area contributed by atoms with Gasteiger partial charge in [-0.3, -0.25) is 4.90 Å². The number of likely N-dealkylation sites (N-methyl/N-ethyl adjacent to an activating group) is 1. The molecule has 0 amide bonds. The topological polar surface area (TPSA) is 29.3 Å². The van der Waals surface area contributed by atoms with Crippen LogP contribution in [0, 0.1) is 5.82 Å². The summed E-state index contributed by atoms with van der Waals surface area (Å²) in [4.78, 5) is 3.49. The minimum absolute atomic E-state index is 0.127. The van der Waals surface area contributed by atoms with Crippen LogP contribution in [0.1, 0.15) is 23.4 Å². The first-order valence-corrected chi connectivity index (χ1v) is 8.59. The van der Waals surface area contributed by atoms with Crippen LogP contribution in [0.5, 0.6) is 0 Å². The zero-order chi connectivity index (χ0) is 15.4. The van der Waals surface area contributed by atoms with E-state index in [1.54, 1.807) is 17.4 Å². The van der Waals surface area contributed by atoms with Crippen molar-refractivity contribution in [3.8, 4) is 0 Å². The standard InChI is InChI=1S/C16H20BrFN2S/c1-11(8-13-4-3-7-21-13)20(2)16(10-19)14-9-12(17)5-6-15(14)18/h3-7,9,11,16H,8,10,19H2,1-2H3. The van der Waals surface area contributed by atoms with E-state index in [2.05, 4.69) is 45.3 Å². The number of halogens is 2. The van der Waals surface area contributed by atoms with E-state index in [0.717, 1.165) is 10.9 Å². The van der Waals surface area contributed by atoms with Gasteiger partial charge in [-0.2, -0.15) is 0 Å². The second-order valence-corrected chi connectivity index (χ2v) is 7.16. The Kier molecular flexibility index (Phi) is 5.93. The predicted octanol–water partition coefficient (Wildman–Crippen LogP) is 4.21. The number of nitrogens with zero attached hydrogens (tertiary/aromatic N) is 1. The molecule has 2 aromatic rings. The van der Waals surface area contributed by atoms with Crippen molar-refractivity contribution in [1.29, 1.82) is 0 Å². The van der Waals surface area contributed by atoms with Gasteiger partial charge in [-0.1, -0.05) is 22.0 Å². The Morgan fingerprint density at radius 3 is 2.76 bits per heavy atom. The van der Waals surface area contributed by atoms with Gasteiger partial charge in [0.1, 0.15) is 5.82 Å². The SMILES string of the molecule is CC(Cc1cccs1)N(C)C(CN)c1cc(Br)ccc1F. The molecule has 0 fully saturated rings. The first kappa shape index (κ1) is 16.6. The van der Waals surface area contributed by atoms with Crippen molar-refractivity contribution in [2.24, 2.45) is 5.73 Å². The lowest BCUT2D eigenvalue weighted by molar-refractivity contribution is 0.185. The number of hydrogen-bond acceptors (Lipinski definition) is 3. The van der Waals surface area contributed by atoms with Crippen molar-refractivity contribution < 1.29 is 4.39 Å². The maximum absolute atomic E-state index is 14.1. The van der Waals surface area contributed by atoms with Crippen LogP contribution in [0.15, 0.2) is 40.2 Å². The van der Waals surface area contributed by atoms with E-state index in [4.69, 9.17) is 5.73 Å². The van der Waals surface area contributed by atoms with Crippen molar-refractivity contribution in [3.05, 3.63) is 56.4 Å². The number of rotatable bonds is 6. The van der Waals surface area contributed by atoms with Gasteiger partial charge in [0, 0.05) is 33.5 Å². The zero-order valence-electron chi connectivity index (χ0n) is 12.2. The van der Waals surface area contributed by atoms with Crippen LogP contribution in [0.25, 0.3) is 0 Å². The molecular formula is C16H20BrFN2S. The Morgan fingerprint density at radius 2 is 2.14 bits per heavy atom. The highest BCUT2D eigenvalue weighted by Gasteiger charge is 2.23. The lowest BCUT2D eigenvalue weighted by Gasteiger charge is -2.33. The quantitative estimate of drug-likeness (QED) is 0.824. The summed E-state index contributed by atoms with van der Waals surface area (Å²) in [6, 6.07) is 9.36. The second-order valence-electron chi connectivity index (χ2n) is 5.22. The molecule has 2 rings (SSSR count). The Balaban J connectivity index is 2.17. The van der Waals surface area contributed by atoms with Crippen molar-refractivity contribution in [3.63, 3.8) is 0 Å². The molecule has 5 heteroatoms. The Morgan fingerprint density at radius 1 is 1.38 bits per heavy atom. The Bertz CT molecular complexity index is 574. The van der Waals surface area contributed by atoms with Crippen molar-refractivity contribution in [2.45, 2.75) is 25.4 Å². The number of nitrogens with two attached hydrogens (primary N) is 1.